The lowest BCUT2D eigenvalue weighted by atomic mass is 10.1. The standard InChI is InChI=1S/C26H14ClO2PS/c27-17-13-22-26-23(14-17)29-21-12-10-16-6-2-4-8-19(16)25(21)30(26,31)24-18-7-3-1-5-15(18)9-11-20(24)28-22/h1-14H. The Morgan fingerprint density at radius 2 is 1.06 bits per heavy atom. The van der Waals surface area contributed by atoms with Gasteiger partial charge >= 0.3 is 0 Å². The van der Waals surface area contributed by atoms with Gasteiger partial charge in [0.25, 0.3) is 0 Å². The topological polar surface area (TPSA) is 18.5 Å². The third kappa shape index (κ3) is 2.26. The second-order valence-corrected chi connectivity index (χ2v) is 12.5. The van der Waals surface area contributed by atoms with Crippen LogP contribution in [0.1, 0.15) is 0 Å². The maximum atomic E-state index is 6.76. The minimum atomic E-state index is -2.50. The largest absolute Gasteiger partial charge is 0.456 e. The summed E-state index contributed by atoms with van der Waals surface area (Å²) in [6.45, 7) is 0. The van der Waals surface area contributed by atoms with E-state index in [2.05, 4.69) is 60.7 Å². The summed E-state index contributed by atoms with van der Waals surface area (Å²) in [6.07, 6.45) is 0. The van der Waals surface area contributed by atoms with E-state index in [-0.39, 0.29) is 0 Å². The molecule has 0 aliphatic carbocycles. The summed E-state index contributed by atoms with van der Waals surface area (Å²) < 4.78 is 12.8. The number of ether oxygens (including phenoxy) is 2. The van der Waals surface area contributed by atoms with E-state index < -0.39 is 6.04 Å². The first kappa shape index (κ1) is 17.8. The molecule has 0 aromatic heterocycles. The summed E-state index contributed by atoms with van der Waals surface area (Å²) in [5.41, 5.74) is 0. The minimum absolute atomic E-state index is 0.573. The number of benzene rings is 5. The first-order valence-electron chi connectivity index (χ1n) is 9.99. The van der Waals surface area contributed by atoms with Gasteiger partial charge in [0.2, 0.25) is 0 Å². The van der Waals surface area contributed by atoms with E-state index in [1.807, 2.05) is 24.3 Å². The van der Waals surface area contributed by atoms with Crippen molar-refractivity contribution >= 4 is 66.9 Å². The van der Waals surface area contributed by atoms with E-state index in [1.54, 1.807) is 0 Å². The molecule has 0 N–H and O–H groups in total. The summed E-state index contributed by atoms with van der Waals surface area (Å²) in [5, 5.41) is 8.30. The summed E-state index contributed by atoms with van der Waals surface area (Å²) in [6, 6.07) is 26.3. The van der Waals surface area contributed by atoms with Crippen molar-refractivity contribution in [1.82, 2.24) is 0 Å². The first-order chi connectivity index (χ1) is 15.1. The number of fused-ring (bicyclic) bond motifs is 8. The molecular weight excluding hydrogens is 443 g/mol. The third-order valence-corrected chi connectivity index (χ3v) is 11.2. The second kappa shape index (κ2) is 6.11. The Labute approximate surface area is 189 Å². The van der Waals surface area contributed by atoms with Crippen LogP contribution < -0.4 is 25.4 Å². The van der Waals surface area contributed by atoms with Crippen molar-refractivity contribution < 1.29 is 9.47 Å². The van der Waals surface area contributed by atoms with Crippen molar-refractivity contribution in [1.29, 1.82) is 0 Å². The van der Waals surface area contributed by atoms with Gasteiger partial charge in [-0.05, 0) is 33.7 Å². The molecule has 7 rings (SSSR count). The molecule has 2 aliphatic heterocycles. The lowest BCUT2D eigenvalue weighted by Crippen LogP contribution is -2.35. The molecule has 2 aliphatic rings. The van der Waals surface area contributed by atoms with E-state index in [1.165, 1.54) is 0 Å². The van der Waals surface area contributed by atoms with Gasteiger partial charge in [-0.25, -0.2) is 0 Å². The number of hydrogen-bond donors (Lipinski definition) is 0. The molecule has 0 bridgehead atoms. The second-order valence-electron chi connectivity index (χ2n) is 7.83. The van der Waals surface area contributed by atoms with Gasteiger partial charge in [-0.15, -0.1) is 0 Å². The first-order valence-corrected chi connectivity index (χ1v) is 13.2. The SMILES string of the molecule is S=P12c3c(cc(Cl)cc3Oc3ccc4ccccc4c31)Oc1ccc3ccccc3c12. The van der Waals surface area contributed by atoms with Gasteiger partial charge in [-0.2, -0.15) is 0 Å². The summed E-state index contributed by atoms with van der Waals surface area (Å²) in [4.78, 5) is 0. The fourth-order valence-electron chi connectivity index (χ4n) is 4.87. The zero-order valence-electron chi connectivity index (χ0n) is 16.1. The molecule has 2 heterocycles. The Morgan fingerprint density at radius 3 is 1.58 bits per heavy atom. The minimum Gasteiger partial charge on any atom is -0.456 e. The molecule has 0 saturated heterocycles. The van der Waals surface area contributed by atoms with Crippen LogP contribution in [-0.4, -0.2) is 0 Å². The number of hydrogen-bond acceptors (Lipinski definition) is 3. The summed E-state index contributed by atoms with van der Waals surface area (Å²) in [5.74, 6) is 3.02. The molecular formula is C26H14ClO2PS. The van der Waals surface area contributed by atoms with Gasteiger partial charge in [-0.3, -0.25) is 0 Å². The van der Waals surface area contributed by atoms with E-state index in [9.17, 15) is 0 Å². The Bertz CT molecular complexity index is 1530. The normalized spacial score (nSPS) is 14.9. The zero-order valence-corrected chi connectivity index (χ0v) is 18.6. The van der Waals surface area contributed by atoms with Crippen LogP contribution in [0.4, 0.5) is 0 Å². The van der Waals surface area contributed by atoms with Gasteiger partial charge in [0, 0.05) is 27.8 Å². The van der Waals surface area contributed by atoms with Gasteiger partial charge < -0.3 is 9.47 Å². The third-order valence-electron chi connectivity index (χ3n) is 6.12. The van der Waals surface area contributed by atoms with Gasteiger partial charge in [0.05, 0.1) is 11.3 Å². The summed E-state index contributed by atoms with van der Waals surface area (Å²) >= 11 is 13.2. The average Bonchev–Trinajstić information content (AvgIpc) is 2.78. The highest BCUT2D eigenvalue weighted by Crippen LogP contribution is 2.61. The fourth-order valence-corrected chi connectivity index (χ4v) is 10.2. The Hall–Kier alpha value is -2.84. The monoisotopic (exact) mass is 456 g/mol. The lowest BCUT2D eigenvalue weighted by molar-refractivity contribution is 0.467. The molecule has 0 unspecified atom stereocenters. The molecule has 2 nitrogen and oxygen atoms in total. The molecule has 0 fully saturated rings. The molecule has 0 spiro atoms. The van der Waals surface area contributed by atoms with Crippen LogP contribution in [-0.2, 0) is 11.8 Å². The molecule has 148 valence electrons. The van der Waals surface area contributed by atoms with Crippen LogP contribution in [0.15, 0.2) is 84.9 Å². The number of rotatable bonds is 0. The van der Waals surface area contributed by atoms with Crippen LogP contribution in [0.3, 0.4) is 0 Å². The maximum Gasteiger partial charge on any atom is 0.141 e. The molecule has 0 atom stereocenters. The van der Waals surface area contributed by atoms with Crippen LogP contribution in [0, 0.1) is 0 Å². The van der Waals surface area contributed by atoms with Gasteiger partial charge in [0.15, 0.2) is 0 Å². The van der Waals surface area contributed by atoms with Crippen molar-refractivity contribution in [2.24, 2.45) is 0 Å². The van der Waals surface area contributed by atoms with Gasteiger partial charge in [0.1, 0.15) is 23.0 Å². The van der Waals surface area contributed by atoms with Crippen molar-refractivity contribution in [3.8, 4) is 23.0 Å². The molecule has 0 radical (unpaired) electrons. The van der Waals surface area contributed by atoms with Crippen LogP contribution >= 0.6 is 17.6 Å². The average molecular weight is 457 g/mol. The predicted octanol–water partition coefficient (Wildman–Crippen LogP) is 6.61. The highest BCUT2D eigenvalue weighted by molar-refractivity contribution is 8.26. The molecule has 5 aromatic carbocycles. The Balaban J connectivity index is 1.74. The highest BCUT2D eigenvalue weighted by atomic mass is 35.5. The van der Waals surface area contributed by atoms with Crippen LogP contribution in [0.2, 0.25) is 5.02 Å². The van der Waals surface area contributed by atoms with Crippen molar-refractivity contribution in [3.05, 3.63) is 90.0 Å². The molecule has 5 heteroatoms. The van der Waals surface area contributed by atoms with Crippen LogP contribution in [0.5, 0.6) is 23.0 Å². The quantitative estimate of drug-likeness (QED) is 0.239. The van der Waals surface area contributed by atoms with E-state index in [0.717, 1.165) is 49.0 Å². The van der Waals surface area contributed by atoms with Gasteiger partial charge in [-0.1, -0.05) is 84.1 Å². The van der Waals surface area contributed by atoms with Crippen molar-refractivity contribution in [2.75, 3.05) is 0 Å². The predicted molar refractivity (Wildman–Crippen MR) is 133 cm³/mol. The zero-order chi connectivity index (χ0) is 20.7. The fraction of sp³-hybridized carbons (Fsp3) is 0. The van der Waals surface area contributed by atoms with Crippen LogP contribution in [0.25, 0.3) is 21.5 Å². The summed E-state index contributed by atoms with van der Waals surface area (Å²) in [7, 11) is 0. The van der Waals surface area contributed by atoms with Crippen molar-refractivity contribution in [2.45, 2.75) is 0 Å². The lowest BCUT2D eigenvalue weighted by Gasteiger charge is -2.38. The van der Waals surface area contributed by atoms with E-state index >= 15 is 0 Å². The molecule has 0 amide bonds. The molecule has 31 heavy (non-hydrogen) atoms. The maximum absolute atomic E-state index is 6.76. The Kier molecular flexibility index (Phi) is 3.51. The molecule has 5 aromatic rings. The number of halogens is 1. The van der Waals surface area contributed by atoms with E-state index in [0.29, 0.717) is 16.5 Å². The smallest absolute Gasteiger partial charge is 0.141 e. The highest BCUT2D eigenvalue weighted by Gasteiger charge is 2.44. The van der Waals surface area contributed by atoms with E-state index in [4.69, 9.17) is 32.9 Å². The van der Waals surface area contributed by atoms with Crippen molar-refractivity contribution in [3.63, 3.8) is 0 Å². The molecule has 0 saturated carbocycles. The Morgan fingerprint density at radius 1 is 0.581 bits per heavy atom.